The molecule has 0 aromatic heterocycles. The Labute approximate surface area is 86.0 Å². The summed E-state index contributed by atoms with van der Waals surface area (Å²) in [6.45, 7) is 3.72. The molecule has 0 saturated heterocycles. The quantitative estimate of drug-likeness (QED) is 0.500. The second kappa shape index (κ2) is 6.02. The number of hydrogen-bond acceptors (Lipinski definition) is 5. The molecule has 0 radical (unpaired) electrons. The van der Waals surface area contributed by atoms with Crippen molar-refractivity contribution in [2.45, 2.75) is 13.8 Å². The first-order valence-electron chi connectivity index (χ1n) is 4.11. The minimum atomic E-state index is -3.05. The monoisotopic (exact) mass is 222 g/mol. The van der Waals surface area contributed by atoms with Gasteiger partial charge >= 0.3 is 9.05 Å². The number of hydrogen-bond donors (Lipinski definition) is 0. The van der Waals surface area contributed by atoms with E-state index in [4.69, 9.17) is 22.4 Å². The Hall–Kier alpha value is -0.563. The standard InChI is InChI=1S/C8H18O5Si/c1-7(2)8(9-3)13-14(10-4,11-5)12-6/h1-6H3. The van der Waals surface area contributed by atoms with Crippen LogP contribution in [0.4, 0.5) is 0 Å². The average molecular weight is 222 g/mol. The Morgan fingerprint density at radius 1 is 0.857 bits per heavy atom. The molecule has 84 valence electrons. The normalized spacial score (nSPS) is 11.0. The molecule has 0 aliphatic rings. The lowest BCUT2D eigenvalue weighted by molar-refractivity contribution is -0.0105. The van der Waals surface area contributed by atoms with Crippen molar-refractivity contribution in [2.24, 2.45) is 0 Å². The third kappa shape index (κ3) is 3.30. The summed E-state index contributed by atoms with van der Waals surface area (Å²) in [7, 11) is 2.88. The van der Waals surface area contributed by atoms with Gasteiger partial charge in [0.2, 0.25) is 0 Å². The maximum absolute atomic E-state index is 5.43. The van der Waals surface area contributed by atoms with Gasteiger partial charge in [-0.1, -0.05) is 0 Å². The highest BCUT2D eigenvalue weighted by molar-refractivity contribution is 6.53. The van der Waals surface area contributed by atoms with Crippen LogP contribution in [0.5, 0.6) is 0 Å². The largest absolute Gasteiger partial charge is 0.750 e. The van der Waals surface area contributed by atoms with E-state index in [1.54, 1.807) is 0 Å². The van der Waals surface area contributed by atoms with Crippen LogP contribution in [-0.2, 0) is 22.4 Å². The molecule has 0 atom stereocenters. The van der Waals surface area contributed by atoms with Crippen LogP contribution in [0.1, 0.15) is 13.8 Å². The molecule has 0 aliphatic heterocycles. The second-order valence-corrected chi connectivity index (χ2v) is 5.13. The van der Waals surface area contributed by atoms with Crippen molar-refractivity contribution in [2.75, 3.05) is 28.4 Å². The van der Waals surface area contributed by atoms with Crippen molar-refractivity contribution >= 4 is 9.05 Å². The number of rotatable bonds is 6. The highest BCUT2D eigenvalue weighted by atomic mass is 28.4. The van der Waals surface area contributed by atoms with Crippen LogP contribution in [0.2, 0.25) is 0 Å². The van der Waals surface area contributed by atoms with E-state index in [0.29, 0.717) is 5.95 Å². The van der Waals surface area contributed by atoms with E-state index >= 15 is 0 Å². The van der Waals surface area contributed by atoms with Gasteiger partial charge in [-0.2, -0.15) is 0 Å². The third-order valence-electron chi connectivity index (χ3n) is 1.56. The molecule has 0 rings (SSSR count). The number of ether oxygens (including phenoxy) is 1. The van der Waals surface area contributed by atoms with Crippen molar-refractivity contribution in [1.82, 2.24) is 0 Å². The Morgan fingerprint density at radius 2 is 1.29 bits per heavy atom. The van der Waals surface area contributed by atoms with Crippen LogP contribution in [0.15, 0.2) is 11.5 Å². The summed E-state index contributed by atoms with van der Waals surface area (Å²) in [5, 5.41) is 0. The summed E-state index contributed by atoms with van der Waals surface area (Å²) in [4.78, 5) is 0. The summed E-state index contributed by atoms with van der Waals surface area (Å²) in [6.07, 6.45) is 0. The predicted molar refractivity (Wildman–Crippen MR) is 53.2 cm³/mol. The molecule has 0 amide bonds. The molecule has 0 bridgehead atoms. The molecule has 5 nitrogen and oxygen atoms in total. The van der Waals surface area contributed by atoms with Crippen LogP contribution in [0.25, 0.3) is 0 Å². The molecule has 6 heteroatoms. The SMILES string of the molecule is COC(O[Si](OC)(OC)OC)=C(C)C. The molecule has 0 unspecified atom stereocenters. The Morgan fingerprint density at radius 3 is 1.50 bits per heavy atom. The Bertz CT molecular complexity index is 188. The highest BCUT2D eigenvalue weighted by Crippen LogP contribution is 2.16. The molecule has 0 N–H and O–H groups in total. The van der Waals surface area contributed by atoms with Crippen LogP contribution < -0.4 is 0 Å². The Balaban J connectivity index is 4.66. The average Bonchev–Trinajstić information content (AvgIpc) is 2.20. The summed E-state index contributed by atoms with van der Waals surface area (Å²) < 4.78 is 25.7. The van der Waals surface area contributed by atoms with E-state index in [2.05, 4.69) is 0 Å². The summed E-state index contributed by atoms with van der Waals surface area (Å²) in [5.74, 6) is 0.363. The van der Waals surface area contributed by atoms with Crippen molar-refractivity contribution in [3.8, 4) is 0 Å². The van der Waals surface area contributed by atoms with Crippen LogP contribution in [-0.4, -0.2) is 37.5 Å². The third-order valence-corrected chi connectivity index (χ3v) is 3.50. The number of allylic oxidation sites excluding steroid dienone is 1. The lowest BCUT2D eigenvalue weighted by Crippen LogP contribution is -2.46. The molecule has 0 aromatic carbocycles. The van der Waals surface area contributed by atoms with Crippen LogP contribution in [0.3, 0.4) is 0 Å². The van der Waals surface area contributed by atoms with Gasteiger partial charge in [-0.05, 0) is 13.8 Å². The fourth-order valence-electron chi connectivity index (χ4n) is 0.836. The smallest absolute Gasteiger partial charge is 0.470 e. The summed E-state index contributed by atoms with van der Waals surface area (Å²) in [5.41, 5.74) is 0.885. The highest BCUT2D eigenvalue weighted by Gasteiger charge is 2.46. The number of methoxy groups -OCH3 is 1. The zero-order valence-electron chi connectivity index (χ0n) is 9.54. The maximum Gasteiger partial charge on any atom is 0.750 e. The molecular formula is C8H18O5Si. The van der Waals surface area contributed by atoms with Crippen LogP contribution >= 0.6 is 0 Å². The van der Waals surface area contributed by atoms with Gasteiger partial charge < -0.3 is 22.4 Å². The first-order chi connectivity index (χ1) is 6.55. The van der Waals surface area contributed by atoms with Crippen molar-refractivity contribution < 1.29 is 22.4 Å². The van der Waals surface area contributed by atoms with Crippen LogP contribution in [0, 0.1) is 0 Å². The summed E-state index contributed by atoms with van der Waals surface area (Å²) >= 11 is 0. The minimum absolute atomic E-state index is 0.363. The maximum atomic E-state index is 5.43. The minimum Gasteiger partial charge on any atom is -0.470 e. The molecule has 0 fully saturated rings. The first kappa shape index (κ1) is 13.4. The second-order valence-electron chi connectivity index (χ2n) is 2.71. The fourth-order valence-corrected chi connectivity index (χ4v) is 2.10. The van der Waals surface area contributed by atoms with Gasteiger partial charge in [0.05, 0.1) is 7.11 Å². The van der Waals surface area contributed by atoms with Crippen molar-refractivity contribution in [1.29, 1.82) is 0 Å². The van der Waals surface area contributed by atoms with Gasteiger partial charge in [0.1, 0.15) is 0 Å². The molecular weight excluding hydrogens is 204 g/mol. The van der Waals surface area contributed by atoms with Gasteiger partial charge in [0.15, 0.2) is 0 Å². The van der Waals surface area contributed by atoms with Crippen molar-refractivity contribution in [3.63, 3.8) is 0 Å². The van der Waals surface area contributed by atoms with E-state index in [9.17, 15) is 0 Å². The van der Waals surface area contributed by atoms with Gasteiger partial charge in [-0.25, -0.2) is 0 Å². The summed E-state index contributed by atoms with van der Waals surface area (Å²) in [6, 6.07) is 0. The topological polar surface area (TPSA) is 46.2 Å². The lowest BCUT2D eigenvalue weighted by atomic mass is 10.4. The zero-order chi connectivity index (χ0) is 11.2. The molecule has 14 heavy (non-hydrogen) atoms. The Kier molecular flexibility index (Phi) is 5.78. The van der Waals surface area contributed by atoms with E-state index in [1.165, 1.54) is 28.4 Å². The van der Waals surface area contributed by atoms with Gasteiger partial charge in [0.25, 0.3) is 5.95 Å². The molecule has 0 aliphatic carbocycles. The van der Waals surface area contributed by atoms with Gasteiger partial charge in [0, 0.05) is 26.9 Å². The lowest BCUT2D eigenvalue weighted by Gasteiger charge is -2.24. The molecule has 0 aromatic rings. The first-order valence-corrected chi connectivity index (χ1v) is 5.74. The van der Waals surface area contributed by atoms with Gasteiger partial charge in [-0.15, -0.1) is 0 Å². The zero-order valence-corrected chi connectivity index (χ0v) is 10.5. The van der Waals surface area contributed by atoms with E-state index in [0.717, 1.165) is 5.57 Å². The molecule has 0 spiro atoms. The van der Waals surface area contributed by atoms with Gasteiger partial charge in [-0.3, -0.25) is 0 Å². The fraction of sp³-hybridized carbons (Fsp3) is 0.750. The predicted octanol–water partition coefficient (Wildman–Crippen LogP) is 1.28. The van der Waals surface area contributed by atoms with E-state index in [-0.39, 0.29) is 0 Å². The molecule has 0 saturated carbocycles. The van der Waals surface area contributed by atoms with E-state index < -0.39 is 9.05 Å². The van der Waals surface area contributed by atoms with E-state index in [1.807, 2.05) is 13.8 Å². The molecule has 0 heterocycles. The van der Waals surface area contributed by atoms with Crippen molar-refractivity contribution in [3.05, 3.63) is 11.5 Å².